The average molecular weight is 256 g/mol. The highest BCUT2D eigenvalue weighted by Gasteiger charge is 2.14. The van der Waals surface area contributed by atoms with Crippen molar-refractivity contribution in [1.29, 1.82) is 0 Å². The highest BCUT2D eigenvalue weighted by molar-refractivity contribution is 7.46. The summed E-state index contributed by atoms with van der Waals surface area (Å²) in [5.41, 5.74) is 0.176. The predicted octanol–water partition coefficient (Wildman–Crippen LogP) is 1.47. The number of rotatable bonds is 6. The molecule has 0 aromatic heterocycles. The molecule has 0 rings (SSSR count). The molecule has 0 aromatic rings. The maximum absolute atomic E-state index is 9.94. The van der Waals surface area contributed by atoms with Crippen molar-refractivity contribution in [3.05, 3.63) is 12.2 Å². The summed E-state index contributed by atoms with van der Waals surface area (Å²) in [5.74, 6) is -0.935. The van der Waals surface area contributed by atoms with E-state index in [1.165, 1.54) is 6.92 Å². The average Bonchev–Trinajstić information content (AvgIpc) is 2.12. The van der Waals surface area contributed by atoms with E-state index in [4.69, 9.17) is 14.9 Å². The molecule has 0 bridgehead atoms. The van der Waals surface area contributed by atoms with Crippen molar-refractivity contribution in [3.8, 4) is 0 Å². The van der Waals surface area contributed by atoms with Crippen LogP contribution in [0.3, 0.4) is 0 Å². The van der Waals surface area contributed by atoms with Crippen molar-refractivity contribution >= 4 is 13.8 Å². The van der Waals surface area contributed by atoms with Crippen LogP contribution in [0.15, 0.2) is 12.2 Å². The van der Waals surface area contributed by atoms with E-state index < -0.39 is 13.8 Å². The summed E-state index contributed by atoms with van der Waals surface area (Å²) >= 11 is 0. The molecule has 0 saturated carbocycles. The number of carbonyl (C=O) groups is 1. The molecule has 3 N–H and O–H groups in total. The second-order valence-electron chi connectivity index (χ2n) is 2.83. The van der Waals surface area contributed by atoms with E-state index in [0.29, 0.717) is 0 Å². The standard InChI is InChI=1S/C4H11O5P.C4H6O2/c1-2-3-4-8-9-10(5,6)7;1-3(2)4(5)6/h2-4H2,1H3,(H2,5,6,7);1H2,2H3,(H,5,6). The Bertz CT molecular complexity index is 245. The summed E-state index contributed by atoms with van der Waals surface area (Å²) in [6, 6.07) is 0. The van der Waals surface area contributed by atoms with Crippen LogP contribution in [0.1, 0.15) is 26.7 Å². The Kier molecular flexibility index (Phi) is 10.5. The molecule has 0 aliphatic carbocycles. The molecule has 0 aliphatic heterocycles. The Labute approximate surface area is 93.9 Å². The maximum Gasteiger partial charge on any atom is 0.496 e. The lowest BCUT2D eigenvalue weighted by molar-refractivity contribution is -0.222. The Morgan fingerprint density at radius 3 is 2.12 bits per heavy atom. The fourth-order valence-corrected chi connectivity index (χ4v) is 0.521. The minimum absolute atomic E-state index is 0.176. The van der Waals surface area contributed by atoms with Crippen molar-refractivity contribution in [3.63, 3.8) is 0 Å². The van der Waals surface area contributed by atoms with Crippen LogP contribution in [0.2, 0.25) is 0 Å². The second-order valence-corrected chi connectivity index (χ2v) is 3.96. The molecule has 0 atom stereocenters. The Morgan fingerprint density at radius 1 is 1.44 bits per heavy atom. The molecule has 16 heavy (non-hydrogen) atoms. The monoisotopic (exact) mass is 256 g/mol. The Balaban J connectivity index is 0. The first kappa shape index (κ1) is 17.7. The van der Waals surface area contributed by atoms with Gasteiger partial charge in [-0.2, -0.15) is 0 Å². The Morgan fingerprint density at radius 2 is 1.88 bits per heavy atom. The third kappa shape index (κ3) is 18.9. The molecule has 8 heteroatoms. The van der Waals surface area contributed by atoms with Crippen molar-refractivity contribution in [2.75, 3.05) is 6.61 Å². The van der Waals surface area contributed by atoms with Gasteiger partial charge in [0, 0.05) is 5.57 Å². The smallest absolute Gasteiger partial charge is 0.478 e. The molecule has 0 aromatic carbocycles. The molecule has 0 spiro atoms. The van der Waals surface area contributed by atoms with Gasteiger partial charge in [-0.3, -0.25) is 0 Å². The zero-order valence-corrected chi connectivity index (χ0v) is 10.1. The predicted molar refractivity (Wildman–Crippen MR) is 56.4 cm³/mol. The van der Waals surface area contributed by atoms with Crippen LogP contribution >= 0.6 is 7.82 Å². The topological polar surface area (TPSA) is 113 Å². The third-order valence-corrected chi connectivity index (χ3v) is 1.40. The minimum atomic E-state index is -4.43. The van der Waals surface area contributed by atoms with Gasteiger partial charge in [0.25, 0.3) is 0 Å². The molecule has 0 heterocycles. The SMILES string of the molecule is C=C(C)C(=O)O.CCCCOOP(=O)(O)O. The summed E-state index contributed by atoms with van der Waals surface area (Å²) in [5, 5.41) is 7.89. The highest BCUT2D eigenvalue weighted by Crippen LogP contribution is 2.35. The number of carboxylic acids is 1. The fourth-order valence-electron chi connectivity index (χ4n) is 0.309. The lowest BCUT2D eigenvalue weighted by atomic mass is 10.4. The lowest BCUT2D eigenvalue weighted by Gasteiger charge is -2.02. The molecule has 0 radical (unpaired) electrons. The first-order chi connectivity index (χ1) is 7.20. The largest absolute Gasteiger partial charge is 0.496 e. The second kappa shape index (κ2) is 9.50. The van der Waals surface area contributed by atoms with Crippen LogP contribution < -0.4 is 0 Å². The normalized spacial score (nSPS) is 10.2. The number of aliphatic carboxylic acids is 1. The van der Waals surface area contributed by atoms with E-state index >= 15 is 0 Å². The third-order valence-electron chi connectivity index (χ3n) is 1.10. The van der Waals surface area contributed by atoms with E-state index in [0.717, 1.165) is 12.8 Å². The van der Waals surface area contributed by atoms with E-state index in [2.05, 4.69) is 16.1 Å². The minimum Gasteiger partial charge on any atom is -0.478 e. The number of unbranched alkanes of at least 4 members (excludes halogenated alkanes) is 1. The van der Waals surface area contributed by atoms with Crippen LogP contribution in [0, 0.1) is 0 Å². The van der Waals surface area contributed by atoms with Crippen molar-refractivity contribution < 1.29 is 33.8 Å². The van der Waals surface area contributed by atoms with Gasteiger partial charge >= 0.3 is 13.8 Å². The van der Waals surface area contributed by atoms with Gasteiger partial charge in [-0.1, -0.05) is 19.9 Å². The van der Waals surface area contributed by atoms with E-state index in [1.54, 1.807) is 0 Å². The fraction of sp³-hybridized carbons (Fsp3) is 0.625. The molecule has 0 saturated heterocycles. The van der Waals surface area contributed by atoms with Gasteiger partial charge in [0.1, 0.15) is 0 Å². The lowest BCUT2D eigenvalue weighted by Crippen LogP contribution is -1.93. The first-order valence-corrected chi connectivity index (χ1v) is 5.99. The molecular formula is C8H17O7P. The van der Waals surface area contributed by atoms with Gasteiger partial charge in [-0.05, 0) is 13.3 Å². The maximum atomic E-state index is 9.94. The van der Waals surface area contributed by atoms with Crippen LogP contribution in [-0.2, 0) is 18.9 Å². The van der Waals surface area contributed by atoms with E-state index in [-0.39, 0.29) is 12.2 Å². The summed E-state index contributed by atoms with van der Waals surface area (Å²) < 4.78 is 13.6. The van der Waals surface area contributed by atoms with Crippen LogP contribution in [0.4, 0.5) is 0 Å². The number of hydrogen-bond donors (Lipinski definition) is 3. The molecule has 96 valence electrons. The number of hydrogen-bond acceptors (Lipinski definition) is 4. The Hall–Kier alpha value is -0.720. The van der Waals surface area contributed by atoms with Crippen molar-refractivity contribution in [2.45, 2.75) is 26.7 Å². The zero-order chi connectivity index (χ0) is 13.2. The first-order valence-electron chi connectivity index (χ1n) is 4.46. The van der Waals surface area contributed by atoms with Gasteiger partial charge in [-0.25, -0.2) is 14.2 Å². The van der Waals surface area contributed by atoms with Crippen LogP contribution in [0.25, 0.3) is 0 Å². The summed E-state index contributed by atoms with van der Waals surface area (Å²) in [6.45, 7) is 6.74. The summed E-state index contributed by atoms with van der Waals surface area (Å²) in [6.07, 6.45) is 1.62. The van der Waals surface area contributed by atoms with Crippen molar-refractivity contribution in [1.82, 2.24) is 0 Å². The molecule has 0 fully saturated rings. The zero-order valence-electron chi connectivity index (χ0n) is 9.25. The summed E-state index contributed by atoms with van der Waals surface area (Å²) in [7, 11) is -4.43. The molecule has 0 amide bonds. The summed E-state index contributed by atoms with van der Waals surface area (Å²) in [4.78, 5) is 29.9. The number of carboxylic acid groups (broad SMARTS) is 1. The van der Waals surface area contributed by atoms with E-state index in [1.807, 2.05) is 6.92 Å². The molecule has 0 aliphatic rings. The van der Waals surface area contributed by atoms with Gasteiger partial charge in [0.15, 0.2) is 0 Å². The quantitative estimate of drug-likeness (QED) is 0.217. The van der Waals surface area contributed by atoms with Crippen molar-refractivity contribution in [2.24, 2.45) is 0 Å². The van der Waals surface area contributed by atoms with E-state index in [9.17, 15) is 9.36 Å². The molecule has 7 nitrogen and oxygen atoms in total. The molecule has 0 unspecified atom stereocenters. The molecular weight excluding hydrogens is 239 g/mol. The van der Waals surface area contributed by atoms with Crippen LogP contribution in [0.5, 0.6) is 0 Å². The highest BCUT2D eigenvalue weighted by atomic mass is 31.2. The van der Waals surface area contributed by atoms with Crippen LogP contribution in [-0.4, -0.2) is 27.5 Å². The number of phosphoric acid groups is 1. The van der Waals surface area contributed by atoms with Gasteiger partial charge in [-0.15, -0.1) is 4.67 Å². The van der Waals surface area contributed by atoms with Gasteiger partial charge in [0.2, 0.25) is 0 Å². The van der Waals surface area contributed by atoms with Gasteiger partial charge < -0.3 is 14.9 Å². The van der Waals surface area contributed by atoms with Gasteiger partial charge in [0.05, 0.1) is 6.61 Å².